The molecule has 1 aromatic heterocycles. The van der Waals surface area contributed by atoms with Crippen molar-refractivity contribution in [2.75, 3.05) is 27.2 Å². The number of rotatable bonds is 14. The maximum Gasteiger partial charge on any atom is 0.246 e. The number of nitrogens with one attached hydrogen (secondary N) is 1. The molecule has 0 bridgehead atoms. The van der Waals surface area contributed by atoms with Crippen LogP contribution in [0.1, 0.15) is 51.5 Å². The van der Waals surface area contributed by atoms with Crippen molar-refractivity contribution in [1.82, 2.24) is 15.1 Å². The number of benzene rings is 2. The second kappa shape index (κ2) is 15.0. The molecule has 238 valence electrons. The van der Waals surface area contributed by atoms with Crippen molar-refractivity contribution in [2.45, 2.75) is 71.5 Å². The molecule has 0 aliphatic carbocycles. The minimum atomic E-state index is -0.865. The number of thiophene rings is 1. The predicted octanol–water partition coefficient (Wildman–Crippen LogP) is 4.55. The van der Waals surface area contributed by atoms with Crippen molar-refractivity contribution in [3.63, 3.8) is 0 Å². The number of likely N-dealkylation sites (N-methyl/N-ethyl adjacent to an activating group) is 2. The maximum absolute atomic E-state index is 14.4. The molecule has 3 amide bonds. The smallest absolute Gasteiger partial charge is 0.246 e. The van der Waals surface area contributed by atoms with Gasteiger partial charge in [0.2, 0.25) is 17.7 Å². The van der Waals surface area contributed by atoms with Crippen LogP contribution in [0.3, 0.4) is 0 Å². The second-order valence-electron chi connectivity index (χ2n) is 13.3. The van der Waals surface area contributed by atoms with Crippen LogP contribution in [0, 0.1) is 5.41 Å². The van der Waals surface area contributed by atoms with Crippen molar-refractivity contribution in [1.29, 1.82) is 0 Å². The number of aliphatic hydroxyl groups is 1. The van der Waals surface area contributed by atoms with E-state index in [1.54, 1.807) is 20.2 Å². The molecule has 0 unspecified atom stereocenters. The fourth-order valence-electron chi connectivity index (χ4n) is 5.13. The van der Waals surface area contributed by atoms with Gasteiger partial charge in [-0.25, -0.2) is 0 Å². The van der Waals surface area contributed by atoms with Gasteiger partial charge in [0.15, 0.2) is 0 Å². The first-order chi connectivity index (χ1) is 20.6. The molecule has 8 nitrogen and oxygen atoms in total. The first-order valence-corrected chi connectivity index (χ1v) is 15.9. The predicted molar refractivity (Wildman–Crippen MR) is 179 cm³/mol. The Balaban J connectivity index is 1.97. The molecule has 1 heterocycles. The molecule has 0 radical (unpaired) electrons. The molecule has 44 heavy (non-hydrogen) atoms. The number of nitrogens with two attached hydrogens (primary N) is 1. The topological polar surface area (TPSA) is 116 Å². The summed E-state index contributed by atoms with van der Waals surface area (Å²) in [5.74, 6) is -0.948. The lowest BCUT2D eigenvalue weighted by molar-refractivity contribution is -0.146. The number of fused-ring (bicyclic) bond motifs is 1. The van der Waals surface area contributed by atoms with Gasteiger partial charge in [0.25, 0.3) is 0 Å². The van der Waals surface area contributed by atoms with E-state index in [0.717, 1.165) is 26.8 Å². The highest BCUT2D eigenvalue weighted by molar-refractivity contribution is 7.09. The molecule has 4 N–H and O–H groups in total. The molecule has 2 atom stereocenters. The molecule has 9 heteroatoms. The van der Waals surface area contributed by atoms with Crippen molar-refractivity contribution in [3.05, 3.63) is 82.1 Å². The van der Waals surface area contributed by atoms with E-state index in [9.17, 15) is 19.5 Å². The Kier molecular flexibility index (Phi) is 11.9. The summed E-state index contributed by atoms with van der Waals surface area (Å²) < 4.78 is 0. The van der Waals surface area contributed by atoms with Gasteiger partial charge in [-0.1, -0.05) is 68.0 Å². The van der Waals surface area contributed by atoms with Crippen molar-refractivity contribution >= 4 is 39.8 Å². The Bertz CT molecular complexity index is 1460. The molecule has 0 spiro atoms. The first kappa shape index (κ1) is 35.0. The van der Waals surface area contributed by atoms with Gasteiger partial charge >= 0.3 is 0 Å². The van der Waals surface area contributed by atoms with Crippen LogP contribution in [0.15, 0.2) is 71.6 Å². The monoisotopic (exact) mass is 620 g/mol. The Labute approximate surface area is 265 Å². The quantitative estimate of drug-likeness (QED) is 0.229. The SMILES string of the molecule is CC(=CC(=O)N(C)[C@H](Cc1ccc2ccccc2c1)C(=O)N(C)[C@H](Cc1cccs1)C(=O)NCC(C)(C)CO)CC(C)(C)N. The average molecular weight is 621 g/mol. The fourth-order valence-corrected chi connectivity index (χ4v) is 5.87. The molecule has 0 aliphatic rings. The summed E-state index contributed by atoms with van der Waals surface area (Å²) in [6.45, 7) is 9.55. The van der Waals surface area contributed by atoms with Gasteiger partial charge in [0, 0.05) is 62.0 Å². The molecular formula is C35H48N4O4S. The van der Waals surface area contributed by atoms with Crippen LogP contribution < -0.4 is 11.1 Å². The van der Waals surface area contributed by atoms with Gasteiger partial charge in [0.05, 0.1) is 0 Å². The highest BCUT2D eigenvalue weighted by Gasteiger charge is 2.35. The molecule has 0 saturated carbocycles. The number of amides is 3. The highest BCUT2D eigenvalue weighted by atomic mass is 32.1. The Morgan fingerprint density at radius 3 is 2.25 bits per heavy atom. The number of carbonyl (C=O) groups is 3. The van der Waals surface area contributed by atoms with E-state index in [2.05, 4.69) is 5.32 Å². The first-order valence-electron chi connectivity index (χ1n) is 15.0. The van der Waals surface area contributed by atoms with E-state index < -0.39 is 23.0 Å². The highest BCUT2D eigenvalue weighted by Crippen LogP contribution is 2.22. The van der Waals surface area contributed by atoms with Crippen molar-refractivity contribution < 1.29 is 19.5 Å². The van der Waals surface area contributed by atoms with Crippen molar-refractivity contribution in [2.24, 2.45) is 11.1 Å². The molecule has 0 fully saturated rings. The summed E-state index contributed by atoms with van der Waals surface area (Å²) in [4.78, 5) is 45.4. The zero-order chi connectivity index (χ0) is 32.7. The lowest BCUT2D eigenvalue weighted by atomic mass is 9.94. The average Bonchev–Trinajstić information content (AvgIpc) is 3.48. The van der Waals surface area contributed by atoms with Gasteiger partial charge < -0.3 is 26.0 Å². The zero-order valence-electron chi connectivity index (χ0n) is 27.1. The van der Waals surface area contributed by atoms with Crippen LogP contribution in [-0.2, 0) is 27.2 Å². The standard InChI is InChI=1S/C35H48N4O4S/c1-24(21-35(4,5)36)17-31(41)38(6)30(19-25-14-15-26-11-8-9-12-27(26)18-25)33(43)39(7)29(20-28-13-10-16-44-28)32(42)37-22-34(2,3)23-40/h8-18,29-30,40H,19-23,36H2,1-7H3,(H,37,42)/t29-,30-/m1/s1. The van der Waals surface area contributed by atoms with Crippen LogP contribution in [-0.4, -0.2) is 77.5 Å². The van der Waals surface area contributed by atoms with Gasteiger partial charge in [-0.15, -0.1) is 11.3 Å². The van der Waals surface area contributed by atoms with E-state index in [-0.39, 0.29) is 37.3 Å². The van der Waals surface area contributed by atoms with Crippen LogP contribution >= 0.6 is 11.3 Å². The summed E-state index contributed by atoms with van der Waals surface area (Å²) in [7, 11) is 3.26. The molecule has 2 aromatic carbocycles. The third-order valence-corrected chi connectivity index (χ3v) is 8.61. The molecular weight excluding hydrogens is 572 g/mol. The van der Waals surface area contributed by atoms with Gasteiger partial charge in [0.1, 0.15) is 12.1 Å². The molecule has 0 aliphatic heterocycles. The minimum Gasteiger partial charge on any atom is -0.396 e. The van der Waals surface area contributed by atoms with E-state index in [4.69, 9.17) is 5.73 Å². The summed E-state index contributed by atoms with van der Waals surface area (Å²) in [5.41, 5.74) is 6.92. The second-order valence-corrected chi connectivity index (χ2v) is 14.3. The van der Waals surface area contributed by atoms with Crippen LogP contribution in [0.4, 0.5) is 0 Å². The van der Waals surface area contributed by atoms with E-state index in [1.165, 1.54) is 21.1 Å². The minimum absolute atomic E-state index is 0.0906. The third kappa shape index (κ3) is 10.0. The third-order valence-electron chi connectivity index (χ3n) is 7.71. The zero-order valence-corrected chi connectivity index (χ0v) is 27.9. The van der Waals surface area contributed by atoms with E-state index in [0.29, 0.717) is 12.8 Å². The van der Waals surface area contributed by atoms with Gasteiger partial charge in [-0.2, -0.15) is 0 Å². The van der Waals surface area contributed by atoms with E-state index >= 15 is 0 Å². The Morgan fingerprint density at radius 1 is 0.955 bits per heavy atom. The summed E-state index contributed by atoms with van der Waals surface area (Å²) in [5, 5.41) is 16.7. The van der Waals surface area contributed by atoms with Crippen molar-refractivity contribution in [3.8, 4) is 0 Å². The van der Waals surface area contributed by atoms with Crippen LogP contribution in [0.5, 0.6) is 0 Å². The summed E-state index contributed by atoms with van der Waals surface area (Å²) >= 11 is 1.52. The maximum atomic E-state index is 14.4. The molecule has 3 aromatic rings. The van der Waals surface area contributed by atoms with Gasteiger partial charge in [-0.3, -0.25) is 14.4 Å². The number of carbonyl (C=O) groups excluding carboxylic acids is 3. The molecule has 3 rings (SSSR count). The van der Waals surface area contributed by atoms with E-state index in [1.807, 2.05) is 94.6 Å². The fraction of sp³-hybridized carbons (Fsp3) is 0.457. The Hall–Kier alpha value is -3.53. The van der Waals surface area contributed by atoms with Gasteiger partial charge in [-0.05, 0) is 55.0 Å². The lowest BCUT2D eigenvalue weighted by Crippen LogP contribution is -2.56. The number of aliphatic hydroxyl groups excluding tert-OH is 1. The largest absolute Gasteiger partial charge is 0.396 e. The van der Waals surface area contributed by atoms with Crippen LogP contribution in [0.2, 0.25) is 0 Å². The summed E-state index contributed by atoms with van der Waals surface area (Å²) in [6, 6.07) is 16.2. The number of hydrogen-bond donors (Lipinski definition) is 3. The lowest BCUT2D eigenvalue weighted by Gasteiger charge is -2.35. The molecule has 0 saturated heterocycles. The van der Waals surface area contributed by atoms with Crippen LogP contribution in [0.25, 0.3) is 10.8 Å². The number of hydrogen-bond acceptors (Lipinski definition) is 6. The Morgan fingerprint density at radius 2 is 1.64 bits per heavy atom. The normalized spacial score (nSPS) is 13.8. The summed E-state index contributed by atoms with van der Waals surface area (Å²) in [6.07, 6.45) is 2.68. The number of nitrogens with zero attached hydrogens (tertiary/aromatic N) is 2.